The van der Waals surface area contributed by atoms with E-state index in [-0.39, 0.29) is 30.1 Å². The fourth-order valence-electron chi connectivity index (χ4n) is 5.12. The zero-order valence-electron chi connectivity index (χ0n) is 30.2. The first-order valence-electron chi connectivity index (χ1n) is 16.2. The largest absolute Gasteiger partial charge is 0.507 e. The van der Waals surface area contributed by atoms with E-state index in [1.165, 1.54) is 4.90 Å². The smallest absolute Gasteiger partial charge is 0.408 e. The van der Waals surface area contributed by atoms with Crippen molar-refractivity contribution in [2.75, 3.05) is 0 Å². The highest BCUT2D eigenvalue weighted by molar-refractivity contribution is 5.94. The molecule has 3 N–H and O–H groups in total. The fourth-order valence-corrected chi connectivity index (χ4v) is 5.12. The van der Waals surface area contributed by atoms with Gasteiger partial charge in [0, 0.05) is 17.5 Å². The van der Waals surface area contributed by atoms with E-state index in [2.05, 4.69) is 10.6 Å². The van der Waals surface area contributed by atoms with E-state index in [1.54, 1.807) is 87.4 Å². The van der Waals surface area contributed by atoms with Crippen LogP contribution in [0.5, 0.6) is 5.75 Å². The normalized spacial score (nSPS) is 14.1. The minimum Gasteiger partial charge on any atom is -0.507 e. The second kappa shape index (κ2) is 15.7. The fraction of sp³-hybridized carbons (Fsp3) is 0.568. The van der Waals surface area contributed by atoms with Crippen molar-refractivity contribution in [2.45, 2.75) is 131 Å². The van der Waals surface area contributed by atoms with Crippen LogP contribution in [0.4, 0.5) is 4.79 Å². The van der Waals surface area contributed by atoms with Gasteiger partial charge in [0.05, 0.1) is 0 Å². The van der Waals surface area contributed by atoms with E-state index in [1.807, 2.05) is 44.2 Å². The molecule has 2 rings (SSSR count). The van der Waals surface area contributed by atoms with Gasteiger partial charge in [0.15, 0.2) is 0 Å². The van der Waals surface area contributed by atoms with Crippen molar-refractivity contribution in [3.05, 3.63) is 65.2 Å². The number of hydrogen-bond donors (Lipinski definition) is 3. The standard InChI is InChI=1S/C37H55N3O7/c1-23(2)21-27(39-34(45)47-37(10,11)12)32(43)40(35(4,5)6)29(26-20-16-17-24(3)30(26)41)31(42)38-28(33(44)46-36(7,8)9)22-25-18-14-13-15-19-25/h13-20,23,27-29,41H,21-22H2,1-12H3,(H,38,42)(H,39,45). The van der Waals surface area contributed by atoms with Crippen LogP contribution in [0.2, 0.25) is 0 Å². The number of ether oxygens (including phenoxy) is 2. The number of rotatable bonds is 11. The summed E-state index contributed by atoms with van der Waals surface area (Å²) in [7, 11) is 0. The van der Waals surface area contributed by atoms with Crippen LogP contribution >= 0.6 is 0 Å². The lowest BCUT2D eigenvalue weighted by atomic mass is 9.92. The van der Waals surface area contributed by atoms with Crippen molar-refractivity contribution in [1.29, 1.82) is 0 Å². The van der Waals surface area contributed by atoms with Gasteiger partial charge < -0.3 is 30.1 Å². The number of phenolic OH excluding ortho intramolecular Hbond substituents is 1. The number of para-hydroxylation sites is 1. The van der Waals surface area contributed by atoms with E-state index >= 15 is 0 Å². The third-order valence-electron chi connectivity index (χ3n) is 7.02. The number of amides is 3. The molecule has 0 spiro atoms. The van der Waals surface area contributed by atoms with Crippen LogP contribution in [0, 0.1) is 12.8 Å². The molecule has 0 aromatic heterocycles. The molecule has 10 nitrogen and oxygen atoms in total. The number of aromatic hydroxyl groups is 1. The molecule has 2 aromatic carbocycles. The molecule has 0 bridgehead atoms. The van der Waals surface area contributed by atoms with Gasteiger partial charge in [-0.15, -0.1) is 0 Å². The second-order valence-corrected chi connectivity index (χ2v) is 15.4. The van der Waals surface area contributed by atoms with Crippen molar-refractivity contribution >= 4 is 23.9 Å². The minimum atomic E-state index is -1.39. The summed E-state index contributed by atoms with van der Waals surface area (Å²) in [4.78, 5) is 57.1. The van der Waals surface area contributed by atoms with Crippen molar-refractivity contribution < 1.29 is 33.8 Å². The molecule has 0 aliphatic rings. The Morgan fingerprint density at radius 3 is 1.87 bits per heavy atom. The SMILES string of the molecule is Cc1cccc(C(C(=O)NC(Cc2ccccc2)C(=O)OC(C)(C)C)N(C(=O)C(CC(C)C)NC(=O)OC(C)(C)C)C(C)(C)C)c1O. The van der Waals surface area contributed by atoms with Gasteiger partial charge in [-0.3, -0.25) is 9.59 Å². The molecule has 47 heavy (non-hydrogen) atoms. The molecular formula is C37H55N3O7. The van der Waals surface area contributed by atoms with Crippen molar-refractivity contribution in [3.8, 4) is 5.75 Å². The maximum atomic E-state index is 14.6. The Morgan fingerprint density at radius 2 is 1.36 bits per heavy atom. The van der Waals surface area contributed by atoms with Crippen LogP contribution < -0.4 is 10.6 Å². The molecule has 0 radical (unpaired) electrons. The van der Waals surface area contributed by atoms with Gasteiger partial charge in [-0.2, -0.15) is 0 Å². The Labute approximate surface area is 280 Å². The molecule has 10 heteroatoms. The van der Waals surface area contributed by atoms with Gasteiger partial charge in [-0.05, 0) is 92.7 Å². The first-order valence-corrected chi connectivity index (χ1v) is 16.2. The van der Waals surface area contributed by atoms with Crippen LogP contribution in [0.25, 0.3) is 0 Å². The van der Waals surface area contributed by atoms with Crippen LogP contribution in [0.3, 0.4) is 0 Å². The van der Waals surface area contributed by atoms with Gasteiger partial charge in [0.1, 0.15) is 35.1 Å². The summed E-state index contributed by atoms with van der Waals surface area (Å²) in [5.74, 6) is -2.05. The Hall–Kier alpha value is -4.08. The lowest BCUT2D eigenvalue weighted by molar-refractivity contribution is -0.159. The molecule has 3 amide bonds. The van der Waals surface area contributed by atoms with Gasteiger partial charge in [-0.1, -0.05) is 62.4 Å². The number of carbonyl (C=O) groups excluding carboxylic acids is 4. The van der Waals surface area contributed by atoms with E-state index in [0.29, 0.717) is 5.56 Å². The summed E-state index contributed by atoms with van der Waals surface area (Å²) in [5, 5.41) is 16.9. The monoisotopic (exact) mass is 653 g/mol. The number of aryl methyl sites for hydroxylation is 1. The predicted octanol–water partition coefficient (Wildman–Crippen LogP) is 6.38. The van der Waals surface area contributed by atoms with Crippen molar-refractivity contribution in [1.82, 2.24) is 15.5 Å². The molecule has 0 aliphatic carbocycles. The van der Waals surface area contributed by atoms with Crippen LogP contribution in [0.15, 0.2) is 48.5 Å². The molecule has 0 heterocycles. The van der Waals surface area contributed by atoms with E-state index < -0.39 is 58.7 Å². The van der Waals surface area contributed by atoms with Crippen molar-refractivity contribution in [3.63, 3.8) is 0 Å². The lowest BCUT2D eigenvalue weighted by Gasteiger charge is -2.43. The van der Waals surface area contributed by atoms with Gasteiger partial charge in [0.25, 0.3) is 0 Å². The van der Waals surface area contributed by atoms with Gasteiger partial charge in [0.2, 0.25) is 11.8 Å². The number of esters is 1. The van der Waals surface area contributed by atoms with E-state index in [0.717, 1.165) is 5.56 Å². The number of nitrogens with one attached hydrogen (secondary N) is 2. The highest BCUT2D eigenvalue weighted by Crippen LogP contribution is 2.36. The number of hydrogen-bond acceptors (Lipinski definition) is 7. The molecule has 3 atom stereocenters. The maximum absolute atomic E-state index is 14.6. The Bertz CT molecular complexity index is 1390. The molecule has 0 saturated heterocycles. The summed E-state index contributed by atoms with van der Waals surface area (Å²) in [6.45, 7) is 21.3. The third-order valence-corrected chi connectivity index (χ3v) is 7.02. The summed E-state index contributed by atoms with van der Waals surface area (Å²) in [6.07, 6.45) is -0.376. The Balaban J connectivity index is 2.72. The van der Waals surface area contributed by atoms with Crippen LogP contribution in [-0.4, -0.2) is 62.7 Å². The van der Waals surface area contributed by atoms with Crippen LogP contribution in [0.1, 0.15) is 105 Å². The average Bonchev–Trinajstić information content (AvgIpc) is 2.90. The molecule has 260 valence electrons. The predicted molar refractivity (Wildman–Crippen MR) is 183 cm³/mol. The summed E-state index contributed by atoms with van der Waals surface area (Å²) in [6, 6.07) is 10.6. The number of nitrogens with zero attached hydrogens (tertiary/aromatic N) is 1. The van der Waals surface area contributed by atoms with E-state index in [4.69, 9.17) is 9.47 Å². The Kier molecular flexibility index (Phi) is 13.0. The lowest BCUT2D eigenvalue weighted by Crippen LogP contribution is -2.60. The first-order chi connectivity index (χ1) is 21.5. The first kappa shape index (κ1) is 39.1. The quantitative estimate of drug-likeness (QED) is 0.240. The number of carbonyl (C=O) groups is 4. The third kappa shape index (κ3) is 12.2. The van der Waals surface area contributed by atoms with E-state index in [9.17, 15) is 24.3 Å². The summed E-state index contributed by atoms with van der Waals surface area (Å²) in [5.41, 5.74) is -1.16. The molecule has 0 fully saturated rings. The zero-order chi connectivity index (χ0) is 35.9. The number of benzene rings is 2. The minimum absolute atomic E-state index is 0.0113. The molecule has 0 aliphatic heterocycles. The molecule has 2 aromatic rings. The van der Waals surface area contributed by atoms with Crippen molar-refractivity contribution in [2.24, 2.45) is 5.92 Å². The highest BCUT2D eigenvalue weighted by Gasteiger charge is 2.44. The topological polar surface area (TPSA) is 134 Å². The number of alkyl carbamates (subject to hydrolysis) is 1. The molecule has 3 unspecified atom stereocenters. The van der Waals surface area contributed by atoms with Gasteiger partial charge >= 0.3 is 12.1 Å². The van der Waals surface area contributed by atoms with Gasteiger partial charge in [-0.25, -0.2) is 9.59 Å². The summed E-state index contributed by atoms with van der Waals surface area (Å²) < 4.78 is 11.2. The van der Waals surface area contributed by atoms with Crippen LogP contribution in [-0.2, 0) is 30.3 Å². The highest BCUT2D eigenvalue weighted by atomic mass is 16.6. The zero-order valence-corrected chi connectivity index (χ0v) is 30.2. The molecule has 0 saturated carbocycles. The molecular weight excluding hydrogens is 598 g/mol. The summed E-state index contributed by atoms with van der Waals surface area (Å²) >= 11 is 0. The maximum Gasteiger partial charge on any atom is 0.408 e. The second-order valence-electron chi connectivity index (χ2n) is 15.4. The average molecular weight is 654 g/mol. The number of phenols is 1. The Morgan fingerprint density at radius 1 is 0.787 bits per heavy atom.